The molecule has 0 spiro atoms. The van der Waals surface area contributed by atoms with Crippen LogP contribution in [-0.2, 0) is 9.53 Å². The lowest BCUT2D eigenvalue weighted by molar-refractivity contribution is -0.143. The first kappa shape index (κ1) is 19.3. The summed E-state index contributed by atoms with van der Waals surface area (Å²) in [4.78, 5) is 12.0. The van der Waals surface area contributed by atoms with Gasteiger partial charge in [-0.1, -0.05) is 12.1 Å². The van der Waals surface area contributed by atoms with E-state index in [4.69, 9.17) is 13.9 Å². The Labute approximate surface area is 161 Å². The number of aromatic nitrogens is 2. The summed E-state index contributed by atoms with van der Waals surface area (Å²) in [5, 5.41) is 7.79. The SMILES string of the molecule is CCOc1ccc(/C=C/C(=O)O[C@H](C)c2nnc(-c3ccc(F)cc3)o2)cc1. The van der Waals surface area contributed by atoms with Crippen LogP contribution < -0.4 is 4.74 Å². The number of esters is 1. The molecule has 6 nitrogen and oxygen atoms in total. The highest BCUT2D eigenvalue weighted by atomic mass is 19.1. The summed E-state index contributed by atoms with van der Waals surface area (Å²) in [5.74, 6) is 0.252. The van der Waals surface area contributed by atoms with Crippen LogP contribution in [0.5, 0.6) is 5.75 Å². The molecule has 144 valence electrons. The summed E-state index contributed by atoms with van der Waals surface area (Å²) >= 11 is 0. The Morgan fingerprint density at radius 2 is 1.86 bits per heavy atom. The van der Waals surface area contributed by atoms with Gasteiger partial charge in [-0.3, -0.25) is 0 Å². The maximum Gasteiger partial charge on any atom is 0.331 e. The molecule has 0 amide bonds. The van der Waals surface area contributed by atoms with E-state index in [9.17, 15) is 9.18 Å². The van der Waals surface area contributed by atoms with E-state index in [1.807, 2.05) is 31.2 Å². The van der Waals surface area contributed by atoms with Crippen LogP contribution in [0.15, 0.2) is 59.0 Å². The molecule has 0 aliphatic carbocycles. The van der Waals surface area contributed by atoms with Crippen LogP contribution in [0.2, 0.25) is 0 Å². The number of rotatable bonds is 7. The Bertz CT molecular complexity index is 949. The fourth-order valence-electron chi connectivity index (χ4n) is 2.38. The van der Waals surface area contributed by atoms with Gasteiger partial charge in [0.2, 0.25) is 5.89 Å². The topological polar surface area (TPSA) is 74.5 Å². The molecule has 3 aromatic rings. The third-order valence-corrected chi connectivity index (χ3v) is 3.78. The third-order valence-electron chi connectivity index (χ3n) is 3.78. The van der Waals surface area contributed by atoms with Gasteiger partial charge in [0, 0.05) is 11.6 Å². The van der Waals surface area contributed by atoms with Crippen LogP contribution in [0.3, 0.4) is 0 Å². The van der Waals surface area contributed by atoms with Crippen LogP contribution >= 0.6 is 0 Å². The van der Waals surface area contributed by atoms with Crippen LogP contribution in [0.1, 0.15) is 31.4 Å². The molecule has 0 aliphatic heterocycles. The number of ether oxygens (including phenoxy) is 2. The van der Waals surface area contributed by atoms with Crippen molar-refractivity contribution in [1.29, 1.82) is 0 Å². The number of halogens is 1. The van der Waals surface area contributed by atoms with Crippen molar-refractivity contribution in [2.24, 2.45) is 0 Å². The second-order valence-electron chi connectivity index (χ2n) is 5.87. The summed E-state index contributed by atoms with van der Waals surface area (Å²) in [6.07, 6.45) is 2.24. The summed E-state index contributed by atoms with van der Waals surface area (Å²) in [5.41, 5.74) is 1.42. The van der Waals surface area contributed by atoms with Crippen LogP contribution in [0.25, 0.3) is 17.5 Å². The average Bonchev–Trinajstić information content (AvgIpc) is 3.19. The highest BCUT2D eigenvalue weighted by Gasteiger charge is 2.18. The number of benzene rings is 2. The molecule has 0 radical (unpaired) electrons. The first-order chi connectivity index (χ1) is 13.5. The Hall–Kier alpha value is -3.48. The Kier molecular flexibility index (Phi) is 6.16. The molecule has 1 atom stereocenters. The molecular formula is C21H19FN2O4. The predicted octanol–water partition coefficient (Wildman–Crippen LogP) is 4.59. The van der Waals surface area contributed by atoms with Crippen molar-refractivity contribution in [2.75, 3.05) is 6.61 Å². The van der Waals surface area contributed by atoms with Gasteiger partial charge in [0.1, 0.15) is 11.6 Å². The zero-order valence-electron chi connectivity index (χ0n) is 15.5. The molecule has 7 heteroatoms. The monoisotopic (exact) mass is 382 g/mol. The van der Waals surface area contributed by atoms with Crippen LogP contribution in [-0.4, -0.2) is 22.8 Å². The highest BCUT2D eigenvalue weighted by molar-refractivity contribution is 5.87. The average molecular weight is 382 g/mol. The van der Waals surface area contributed by atoms with Gasteiger partial charge in [0.25, 0.3) is 5.89 Å². The largest absolute Gasteiger partial charge is 0.494 e. The Balaban J connectivity index is 1.58. The molecule has 0 unspecified atom stereocenters. The fourth-order valence-corrected chi connectivity index (χ4v) is 2.38. The van der Waals surface area contributed by atoms with Gasteiger partial charge in [-0.05, 0) is 61.9 Å². The predicted molar refractivity (Wildman–Crippen MR) is 101 cm³/mol. The van der Waals surface area contributed by atoms with Crippen molar-refractivity contribution >= 4 is 12.0 Å². The van der Waals surface area contributed by atoms with Gasteiger partial charge < -0.3 is 13.9 Å². The van der Waals surface area contributed by atoms with Crippen molar-refractivity contribution in [3.8, 4) is 17.2 Å². The van der Waals surface area contributed by atoms with Crippen LogP contribution in [0, 0.1) is 5.82 Å². The van der Waals surface area contributed by atoms with E-state index >= 15 is 0 Å². The molecule has 0 bridgehead atoms. The molecule has 0 fully saturated rings. The lowest BCUT2D eigenvalue weighted by Gasteiger charge is -2.07. The standard InChI is InChI=1S/C21H19FN2O4/c1-3-26-18-11-4-15(5-12-18)6-13-19(25)27-14(2)20-23-24-21(28-20)16-7-9-17(22)10-8-16/h4-14H,3H2,1-2H3/b13-6+/t14-/m1/s1. The molecule has 2 aromatic carbocycles. The second kappa shape index (κ2) is 8.94. The van der Waals surface area contributed by atoms with Crippen molar-refractivity contribution in [3.63, 3.8) is 0 Å². The van der Waals surface area contributed by atoms with E-state index in [1.165, 1.54) is 30.3 Å². The second-order valence-corrected chi connectivity index (χ2v) is 5.87. The van der Waals surface area contributed by atoms with E-state index in [0.717, 1.165) is 11.3 Å². The molecule has 28 heavy (non-hydrogen) atoms. The minimum absolute atomic E-state index is 0.155. The molecule has 1 heterocycles. The highest BCUT2D eigenvalue weighted by Crippen LogP contribution is 2.22. The first-order valence-corrected chi connectivity index (χ1v) is 8.76. The number of carbonyl (C=O) groups is 1. The van der Waals surface area contributed by atoms with Gasteiger partial charge in [0.05, 0.1) is 6.61 Å². The van der Waals surface area contributed by atoms with E-state index in [2.05, 4.69) is 10.2 Å². The molecular weight excluding hydrogens is 363 g/mol. The van der Waals surface area contributed by atoms with Gasteiger partial charge >= 0.3 is 5.97 Å². The maximum atomic E-state index is 13.0. The normalized spacial score (nSPS) is 12.1. The minimum Gasteiger partial charge on any atom is -0.494 e. The van der Waals surface area contributed by atoms with Gasteiger partial charge in [0.15, 0.2) is 6.10 Å². The molecule has 0 saturated heterocycles. The van der Waals surface area contributed by atoms with Crippen LogP contribution in [0.4, 0.5) is 4.39 Å². The molecule has 0 saturated carbocycles. The van der Waals surface area contributed by atoms with Gasteiger partial charge in [-0.15, -0.1) is 10.2 Å². The number of hydrogen-bond acceptors (Lipinski definition) is 6. The van der Waals surface area contributed by atoms with Gasteiger partial charge in [-0.25, -0.2) is 9.18 Å². The first-order valence-electron chi connectivity index (χ1n) is 8.76. The number of nitrogens with zero attached hydrogens (tertiary/aromatic N) is 2. The zero-order valence-corrected chi connectivity index (χ0v) is 15.5. The summed E-state index contributed by atoms with van der Waals surface area (Å²) in [7, 11) is 0. The maximum absolute atomic E-state index is 13.0. The molecule has 0 aliphatic rings. The van der Waals surface area contributed by atoms with E-state index in [-0.39, 0.29) is 17.6 Å². The minimum atomic E-state index is -0.723. The van der Waals surface area contributed by atoms with E-state index in [0.29, 0.717) is 12.2 Å². The summed E-state index contributed by atoms with van der Waals surface area (Å²) in [6.45, 7) is 4.14. The van der Waals surface area contributed by atoms with E-state index in [1.54, 1.807) is 13.0 Å². The molecule has 3 rings (SSSR count). The molecule has 1 aromatic heterocycles. The summed E-state index contributed by atoms with van der Waals surface area (Å²) in [6, 6.07) is 13.0. The number of hydrogen-bond donors (Lipinski definition) is 0. The van der Waals surface area contributed by atoms with E-state index < -0.39 is 12.1 Å². The summed E-state index contributed by atoms with van der Waals surface area (Å²) < 4.78 is 29.2. The van der Waals surface area contributed by atoms with Crippen molar-refractivity contribution in [2.45, 2.75) is 20.0 Å². The lowest BCUT2D eigenvalue weighted by atomic mass is 10.2. The number of carbonyl (C=O) groups excluding carboxylic acids is 1. The van der Waals surface area contributed by atoms with Gasteiger partial charge in [-0.2, -0.15) is 0 Å². The Morgan fingerprint density at radius 1 is 1.14 bits per heavy atom. The zero-order chi connectivity index (χ0) is 19.9. The Morgan fingerprint density at radius 3 is 2.54 bits per heavy atom. The smallest absolute Gasteiger partial charge is 0.331 e. The fraction of sp³-hybridized carbons (Fsp3) is 0.190. The quantitative estimate of drug-likeness (QED) is 0.439. The lowest BCUT2D eigenvalue weighted by Crippen LogP contribution is -2.06. The van der Waals surface area contributed by atoms with Crippen molar-refractivity contribution in [1.82, 2.24) is 10.2 Å². The van der Waals surface area contributed by atoms with Crippen molar-refractivity contribution < 1.29 is 23.1 Å². The van der Waals surface area contributed by atoms with Crippen molar-refractivity contribution in [3.05, 3.63) is 71.9 Å². The molecule has 0 N–H and O–H groups in total. The third kappa shape index (κ3) is 5.03.